The number of amides is 1. The summed E-state index contributed by atoms with van der Waals surface area (Å²) >= 11 is 3.40. The normalized spacial score (nSPS) is 9.44. The third kappa shape index (κ3) is 4.51. The molecule has 90 valence electrons. The fourth-order valence-electron chi connectivity index (χ4n) is 1.19. The molecule has 1 rings (SSSR count). The van der Waals surface area contributed by atoms with Crippen molar-refractivity contribution in [3.8, 4) is 0 Å². The van der Waals surface area contributed by atoms with Gasteiger partial charge in [0.1, 0.15) is 0 Å². The van der Waals surface area contributed by atoms with E-state index < -0.39 is 0 Å². The molecule has 1 amide bonds. The Morgan fingerprint density at radius 3 is 2.62 bits per heavy atom. The zero-order valence-corrected chi connectivity index (χ0v) is 11.7. The number of aryl methyl sites for hydroxylation is 1. The van der Waals surface area contributed by atoms with Crippen LogP contribution in [0.3, 0.4) is 0 Å². The van der Waals surface area contributed by atoms with Gasteiger partial charge in [-0.1, -0.05) is 15.9 Å². The van der Waals surface area contributed by atoms with E-state index in [9.17, 15) is 4.79 Å². The molecule has 0 aliphatic carbocycles. The van der Waals surface area contributed by atoms with Crippen LogP contribution >= 0.6 is 28.3 Å². The first-order chi connectivity index (χ1) is 7.15. The number of hydrogen-bond donors (Lipinski definition) is 2. The van der Waals surface area contributed by atoms with Crippen molar-refractivity contribution < 1.29 is 4.79 Å². The molecule has 0 heterocycles. The lowest BCUT2D eigenvalue weighted by Gasteiger charge is -2.06. The Morgan fingerprint density at radius 2 is 2.06 bits per heavy atom. The van der Waals surface area contributed by atoms with Gasteiger partial charge in [0.05, 0.1) is 0 Å². The van der Waals surface area contributed by atoms with Crippen LogP contribution in [0.4, 0.5) is 0 Å². The molecule has 2 N–H and O–H groups in total. The Kier molecular flexibility index (Phi) is 7.38. The highest BCUT2D eigenvalue weighted by atomic mass is 79.9. The lowest BCUT2D eigenvalue weighted by Crippen LogP contribution is -2.30. The van der Waals surface area contributed by atoms with Crippen molar-refractivity contribution in [1.82, 2.24) is 10.6 Å². The highest BCUT2D eigenvalue weighted by Gasteiger charge is 2.05. The second-order valence-corrected chi connectivity index (χ2v) is 4.18. The van der Waals surface area contributed by atoms with Crippen LogP contribution in [0.5, 0.6) is 0 Å². The van der Waals surface area contributed by atoms with Gasteiger partial charge < -0.3 is 10.6 Å². The van der Waals surface area contributed by atoms with E-state index in [0.717, 1.165) is 16.6 Å². The minimum absolute atomic E-state index is 0. The molecule has 0 radical (unpaired) electrons. The SMILES string of the molecule is CNCCNC(=O)c1ccc(Br)c(C)c1.Cl. The average molecular weight is 308 g/mol. The Morgan fingerprint density at radius 1 is 1.38 bits per heavy atom. The number of carbonyl (C=O) groups is 1. The minimum Gasteiger partial charge on any atom is -0.351 e. The van der Waals surface area contributed by atoms with Gasteiger partial charge >= 0.3 is 0 Å². The third-order valence-electron chi connectivity index (χ3n) is 2.08. The number of likely N-dealkylation sites (N-methyl/N-ethyl adjacent to an activating group) is 1. The molecular weight excluding hydrogens is 291 g/mol. The first-order valence-corrected chi connectivity index (χ1v) is 5.63. The first-order valence-electron chi connectivity index (χ1n) is 4.84. The van der Waals surface area contributed by atoms with Gasteiger partial charge in [0, 0.05) is 23.1 Å². The fourth-order valence-corrected chi connectivity index (χ4v) is 1.44. The third-order valence-corrected chi connectivity index (χ3v) is 2.97. The summed E-state index contributed by atoms with van der Waals surface area (Å²) in [5.41, 5.74) is 1.77. The largest absolute Gasteiger partial charge is 0.351 e. The maximum atomic E-state index is 11.6. The van der Waals surface area contributed by atoms with Gasteiger partial charge in [-0.2, -0.15) is 0 Å². The molecule has 0 aliphatic heterocycles. The van der Waals surface area contributed by atoms with Crippen LogP contribution in [0, 0.1) is 6.92 Å². The fraction of sp³-hybridized carbons (Fsp3) is 0.364. The van der Waals surface area contributed by atoms with E-state index in [-0.39, 0.29) is 18.3 Å². The molecule has 3 nitrogen and oxygen atoms in total. The molecule has 1 aromatic rings. The number of halogens is 2. The number of nitrogens with one attached hydrogen (secondary N) is 2. The summed E-state index contributed by atoms with van der Waals surface area (Å²) in [4.78, 5) is 11.6. The molecule has 0 saturated heterocycles. The van der Waals surface area contributed by atoms with Crippen molar-refractivity contribution in [2.45, 2.75) is 6.92 Å². The van der Waals surface area contributed by atoms with Crippen molar-refractivity contribution in [2.75, 3.05) is 20.1 Å². The van der Waals surface area contributed by atoms with E-state index in [1.165, 1.54) is 0 Å². The second kappa shape index (κ2) is 7.65. The number of rotatable bonds is 4. The Balaban J connectivity index is 0.00000225. The molecule has 0 aromatic heterocycles. The molecule has 0 aliphatic rings. The molecule has 0 bridgehead atoms. The summed E-state index contributed by atoms with van der Waals surface area (Å²) in [6.45, 7) is 3.39. The van der Waals surface area contributed by atoms with E-state index >= 15 is 0 Å². The highest BCUT2D eigenvalue weighted by Crippen LogP contribution is 2.16. The lowest BCUT2D eigenvalue weighted by molar-refractivity contribution is 0.0954. The molecule has 5 heteroatoms. The Bertz CT molecular complexity index is 358. The van der Waals surface area contributed by atoms with Crippen molar-refractivity contribution in [3.63, 3.8) is 0 Å². The van der Waals surface area contributed by atoms with Crippen LogP contribution in [0.15, 0.2) is 22.7 Å². The van der Waals surface area contributed by atoms with Crippen molar-refractivity contribution in [3.05, 3.63) is 33.8 Å². The Hall–Kier alpha value is -0.580. The quantitative estimate of drug-likeness (QED) is 0.837. The number of carbonyl (C=O) groups excluding carboxylic acids is 1. The highest BCUT2D eigenvalue weighted by molar-refractivity contribution is 9.10. The molecule has 16 heavy (non-hydrogen) atoms. The first kappa shape index (κ1) is 15.4. The van der Waals surface area contributed by atoms with Gasteiger partial charge in [-0.3, -0.25) is 4.79 Å². The predicted octanol–water partition coefficient (Wildman–Crippen LogP) is 2.13. The summed E-state index contributed by atoms with van der Waals surface area (Å²) in [6.07, 6.45) is 0. The summed E-state index contributed by atoms with van der Waals surface area (Å²) < 4.78 is 1.02. The van der Waals surface area contributed by atoms with Gasteiger partial charge in [0.15, 0.2) is 0 Å². The maximum absolute atomic E-state index is 11.6. The van der Waals surface area contributed by atoms with Crippen LogP contribution in [-0.4, -0.2) is 26.0 Å². The van der Waals surface area contributed by atoms with Gasteiger partial charge in [0.25, 0.3) is 5.91 Å². The number of benzene rings is 1. The smallest absolute Gasteiger partial charge is 0.251 e. The predicted molar refractivity (Wildman–Crippen MR) is 72.4 cm³/mol. The van der Waals surface area contributed by atoms with Gasteiger partial charge in [0.2, 0.25) is 0 Å². The standard InChI is InChI=1S/C11H15BrN2O.ClH/c1-8-7-9(3-4-10(8)12)11(15)14-6-5-13-2;/h3-4,7,13H,5-6H2,1-2H3,(H,14,15);1H. The molecule has 0 saturated carbocycles. The number of hydrogen-bond acceptors (Lipinski definition) is 2. The van der Waals surface area contributed by atoms with Crippen LogP contribution in [-0.2, 0) is 0 Å². The van der Waals surface area contributed by atoms with Gasteiger partial charge in [-0.25, -0.2) is 0 Å². The van der Waals surface area contributed by atoms with E-state index in [4.69, 9.17) is 0 Å². The topological polar surface area (TPSA) is 41.1 Å². The average Bonchev–Trinajstić information content (AvgIpc) is 2.22. The monoisotopic (exact) mass is 306 g/mol. The van der Waals surface area contributed by atoms with Crippen LogP contribution < -0.4 is 10.6 Å². The zero-order chi connectivity index (χ0) is 11.3. The minimum atomic E-state index is -0.0270. The zero-order valence-electron chi connectivity index (χ0n) is 9.34. The van der Waals surface area contributed by atoms with Crippen molar-refractivity contribution >= 4 is 34.2 Å². The van der Waals surface area contributed by atoms with Gasteiger partial charge in [-0.15, -0.1) is 12.4 Å². The summed E-state index contributed by atoms with van der Waals surface area (Å²) in [7, 11) is 1.86. The molecule has 0 atom stereocenters. The maximum Gasteiger partial charge on any atom is 0.251 e. The van der Waals surface area contributed by atoms with E-state index in [1.54, 1.807) is 0 Å². The van der Waals surface area contributed by atoms with Crippen LogP contribution in [0.2, 0.25) is 0 Å². The Labute approximate surface area is 111 Å². The lowest BCUT2D eigenvalue weighted by atomic mass is 10.1. The summed E-state index contributed by atoms with van der Waals surface area (Å²) in [5.74, 6) is -0.0270. The van der Waals surface area contributed by atoms with Crippen molar-refractivity contribution in [1.29, 1.82) is 0 Å². The van der Waals surface area contributed by atoms with E-state index in [2.05, 4.69) is 26.6 Å². The van der Waals surface area contributed by atoms with E-state index in [1.807, 2.05) is 32.2 Å². The van der Waals surface area contributed by atoms with E-state index in [0.29, 0.717) is 12.1 Å². The molecule has 0 spiro atoms. The summed E-state index contributed by atoms with van der Waals surface area (Å²) in [6, 6.07) is 5.58. The summed E-state index contributed by atoms with van der Waals surface area (Å²) in [5, 5.41) is 5.80. The van der Waals surface area contributed by atoms with Crippen molar-refractivity contribution in [2.24, 2.45) is 0 Å². The molecule has 0 unspecified atom stereocenters. The van der Waals surface area contributed by atoms with Crippen LogP contribution in [0.25, 0.3) is 0 Å². The molecular formula is C11H16BrClN2O. The molecule has 1 aromatic carbocycles. The van der Waals surface area contributed by atoms with Gasteiger partial charge in [-0.05, 0) is 37.7 Å². The molecule has 0 fully saturated rings. The van der Waals surface area contributed by atoms with Crippen LogP contribution in [0.1, 0.15) is 15.9 Å². The second-order valence-electron chi connectivity index (χ2n) is 3.32.